The molecule has 110 valence electrons. The summed E-state index contributed by atoms with van der Waals surface area (Å²) in [6.07, 6.45) is 10.3. The molecular weight excluding hydrogens is 254 g/mol. The molecule has 1 aliphatic heterocycles. The number of rotatable bonds is 5. The third-order valence-electron chi connectivity index (χ3n) is 5.61. The summed E-state index contributed by atoms with van der Waals surface area (Å²) >= 11 is 2.13. The van der Waals surface area contributed by atoms with Crippen LogP contribution in [0.5, 0.6) is 0 Å². The van der Waals surface area contributed by atoms with Crippen molar-refractivity contribution in [3.05, 3.63) is 0 Å². The monoisotopic (exact) mass is 283 g/mol. The van der Waals surface area contributed by atoms with Gasteiger partial charge in [-0.3, -0.25) is 0 Å². The van der Waals surface area contributed by atoms with E-state index in [1.807, 2.05) is 0 Å². The van der Waals surface area contributed by atoms with E-state index in [4.69, 9.17) is 4.74 Å². The van der Waals surface area contributed by atoms with Crippen LogP contribution in [-0.4, -0.2) is 36.8 Å². The maximum Gasteiger partial charge on any atom is 0.0661 e. The van der Waals surface area contributed by atoms with Crippen LogP contribution < -0.4 is 5.32 Å². The van der Waals surface area contributed by atoms with Crippen LogP contribution in [0.1, 0.15) is 51.9 Å². The van der Waals surface area contributed by atoms with Gasteiger partial charge < -0.3 is 10.1 Å². The summed E-state index contributed by atoms with van der Waals surface area (Å²) < 4.78 is 6.03. The Morgan fingerprint density at radius 3 is 2.79 bits per heavy atom. The lowest BCUT2D eigenvalue weighted by molar-refractivity contribution is -0.150. The molecule has 1 N–H and O–H groups in total. The minimum absolute atomic E-state index is 0.500. The molecule has 3 aliphatic rings. The number of thioether (sulfide) groups is 1. The van der Waals surface area contributed by atoms with Crippen molar-refractivity contribution in [2.75, 3.05) is 24.7 Å². The van der Waals surface area contributed by atoms with Crippen molar-refractivity contribution in [1.82, 2.24) is 5.32 Å². The maximum absolute atomic E-state index is 6.03. The Balaban J connectivity index is 1.55. The fourth-order valence-corrected chi connectivity index (χ4v) is 5.69. The van der Waals surface area contributed by atoms with Crippen LogP contribution >= 0.6 is 11.8 Å². The van der Waals surface area contributed by atoms with Gasteiger partial charge in [0, 0.05) is 18.1 Å². The first-order valence-electron chi connectivity index (χ1n) is 8.28. The van der Waals surface area contributed by atoms with Crippen LogP contribution in [-0.2, 0) is 4.74 Å². The molecule has 1 saturated heterocycles. The average Bonchev–Trinajstić information content (AvgIpc) is 2.96. The van der Waals surface area contributed by atoms with Crippen LogP contribution in [0.2, 0.25) is 0 Å². The number of hydrogen-bond donors (Lipinski definition) is 1. The quantitative estimate of drug-likeness (QED) is 0.835. The van der Waals surface area contributed by atoms with Crippen LogP contribution in [0.3, 0.4) is 0 Å². The molecule has 3 atom stereocenters. The van der Waals surface area contributed by atoms with E-state index in [-0.39, 0.29) is 0 Å². The van der Waals surface area contributed by atoms with Gasteiger partial charge in [0.2, 0.25) is 0 Å². The topological polar surface area (TPSA) is 21.3 Å². The molecule has 3 heteroatoms. The molecule has 3 fully saturated rings. The van der Waals surface area contributed by atoms with Crippen molar-refractivity contribution < 1.29 is 4.74 Å². The summed E-state index contributed by atoms with van der Waals surface area (Å²) in [5.74, 6) is 3.68. The van der Waals surface area contributed by atoms with Gasteiger partial charge in [0.25, 0.3) is 0 Å². The average molecular weight is 283 g/mol. The lowest BCUT2D eigenvalue weighted by Crippen LogP contribution is -2.64. The predicted octanol–water partition coefficient (Wildman–Crippen LogP) is 3.46. The fraction of sp³-hybridized carbons (Fsp3) is 1.00. The van der Waals surface area contributed by atoms with E-state index < -0.39 is 0 Å². The first-order valence-corrected chi connectivity index (χ1v) is 9.43. The summed E-state index contributed by atoms with van der Waals surface area (Å²) in [7, 11) is 0. The summed E-state index contributed by atoms with van der Waals surface area (Å²) in [6.45, 7) is 4.28. The van der Waals surface area contributed by atoms with Crippen LogP contribution in [0.4, 0.5) is 0 Å². The molecule has 2 saturated carbocycles. The zero-order chi connectivity index (χ0) is 13.1. The van der Waals surface area contributed by atoms with Gasteiger partial charge in [-0.15, -0.1) is 0 Å². The molecule has 0 aromatic rings. The van der Waals surface area contributed by atoms with Gasteiger partial charge in [-0.2, -0.15) is 11.8 Å². The Hall–Kier alpha value is 0.270. The minimum Gasteiger partial charge on any atom is -0.378 e. The lowest BCUT2D eigenvalue weighted by atomic mass is 9.55. The molecule has 0 aromatic heterocycles. The van der Waals surface area contributed by atoms with Gasteiger partial charge in [0.1, 0.15) is 0 Å². The first kappa shape index (κ1) is 14.2. The van der Waals surface area contributed by atoms with Crippen molar-refractivity contribution in [3.8, 4) is 0 Å². The van der Waals surface area contributed by atoms with Gasteiger partial charge in [0.05, 0.1) is 6.10 Å². The van der Waals surface area contributed by atoms with Gasteiger partial charge in [0.15, 0.2) is 0 Å². The van der Waals surface area contributed by atoms with Crippen molar-refractivity contribution in [2.45, 2.75) is 64.0 Å². The van der Waals surface area contributed by atoms with E-state index in [1.165, 1.54) is 63.0 Å². The molecule has 0 radical (unpaired) electrons. The van der Waals surface area contributed by atoms with E-state index in [9.17, 15) is 0 Å². The Morgan fingerprint density at radius 1 is 1.26 bits per heavy atom. The maximum atomic E-state index is 6.03. The SMILES string of the molecule is CCOC1CC(NCC2CCSC2)C12CCCCC2. The molecule has 19 heavy (non-hydrogen) atoms. The molecule has 0 bridgehead atoms. The molecule has 3 unspecified atom stereocenters. The Labute approximate surface area is 122 Å². The van der Waals surface area contributed by atoms with E-state index >= 15 is 0 Å². The largest absolute Gasteiger partial charge is 0.378 e. The van der Waals surface area contributed by atoms with Crippen molar-refractivity contribution >= 4 is 11.8 Å². The normalized spacial score (nSPS) is 37.4. The molecule has 3 rings (SSSR count). The minimum atomic E-state index is 0.500. The van der Waals surface area contributed by atoms with E-state index in [0.29, 0.717) is 11.5 Å². The second-order valence-corrected chi connectivity index (χ2v) is 7.81. The number of nitrogens with one attached hydrogen (secondary N) is 1. The Bertz CT molecular complexity index is 284. The highest BCUT2D eigenvalue weighted by Gasteiger charge is 2.55. The molecule has 1 heterocycles. The molecule has 2 nitrogen and oxygen atoms in total. The smallest absolute Gasteiger partial charge is 0.0661 e. The van der Waals surface area contributed by atoms with Crippen LogP contribution in [0.25, 0.3) is 0 Å². The van der Waals surface area contributed by atoms with E-state index in [2.05, 4.69) is 24.0 Å². The molecular formula is C16H29NOS. The van der Waals surface area contributed by atoms with Gasteiger partial charge >= 0.3 is 0 Å². The first-order chi connectivity index (χ1) is 9.35. The van der Waals surface area contributed by atoms with E-state index in [1.54, 1.807) is 0 Å². The molecule has 2 aliphatic carbocycles. The zero-order valence-corrected chi connectivity index (χ0v) is 13.1. The van der Waals surface area contributed by atoms with Gasteiger partial charge in [-0.25, -0.2) is 0 Å². The lowest BCUT2D eigenvalue weighted by Gasteiger charge is -2.58. The van der Waals surface area contributed by atoms with Crippen molar-refractivity contribution in [2.24, 2.45) is 11.3 Å². The third-order valence-corrected chi connectivity index (χ3v) is 6.85. The highest BCUT2D eigenvalue weighted by molar-refractivity contribution is 7.99. The summed E-state index contributed by atoms with van der Waals surface area (Å²) in [5, 5.41) is 3.92. The summed E-state index contributed by atoms with van der Waals surface area (Å²) in [5.41, 5.74) is 0.500. The zero-order valence-electron chi connectivity index (χ0n) is 12.3. The van der Waals surface area contributed by atoms with Gasteiger partial charge in [-0.1, -0.05) is 19.3 Å². The molecule has 1 spiro atoms. The highest BCUT2D eigenvalue weighted by Crippen LogP contribution is 2.53. The van der Waals surface area contributed by atoms with Gasteiger partial charge in [-0.05, 0) is 56.6 Å². The molecule has 0 amide bonds. The fourth-order valence-electron chi connectivity index (χ4n) is 4.40. The number of hydrogen-bond acceptors (Lipinski definition) is 3. The predicted molar refractivity (Wildman–Crippen MR) is 82.8 cm³/mol. The Morgan fingerprint density at radius 2 is 2.11 bits per heavy atom. The standard InChI is InChI=1S/C16H29NOS/c1-2-18-15-10-14(16(15)7-4-3-5-8-16)17-11-13-6-9-19-12-13/h13-15,17H,2-12H2,1H3. The Kier molecular flexibility index (Phi) is 4.76. The summed E-state index contributed by atoms with van der Waals surface area (Å²) in [4.78, 5) is 0. The van der Waals surface area contributed by atoms with Crippen LogP contribution in [0.15, 0.2) is 0 Å². The second-order valence-electron chi connectivity index (χ2n) is 6.66. The van der Waals surface area contributed by atoms with E-state index in [0.717, 1.165) is 18.6 Å². The third kappa shape index (κ3) is 2.84. The number of ether oxygens (including phenoxy) is 1. The molecule has 0 aromatic carbocycles. The highest BCUT2D eigenvalue weighted by atomic mass is 32.2. The summed E-state index contributed by atoms with van der Waals surface area (Å²) in [6, 6.07) is 0.745. The second kappa shape index (κ2) is 6.36. The van der Waals surface area contributed by atoms with Crippen molar-refractivity contribution in [3.63, 3.8) is 0 Å². The van der Waals surface area contributed by atoms with Crippen LogP contribution in [0, 0.1) is 11.3 Å². The van der Waals surface area contributed by atoms with Crippen molar-refractivity contribution in [1.29, 1.82) is 0 Å².